The summed E-state index contributed by atoms with van der Waals surface area (Å²) in [7, 11) is 3.23. The van der Waals surface area contributed by atoms with Gasteiger partial charge >= 0.3 is 0 Å². The number of rotatable bonds is 5. The molecule has 1 amide bonds. The third-order valence-corrected chi connectivity index (χ3v) is 3.87. The van der Waals surface area contributed by atoms with Gasteiger partial charge in [-0.25, -0.2) is 4.68 Å². The average molecular weight is 337 g/mol. The lowest BCUT2D eigenvalue weighted by molar-refractivity contribution is 0.0785. The number of carbonyl (C=O) groups is 1. The van der Waals surface area contributed by atoms with E-state index >= 15 is 0 Å². The Bertz CT molecular complexity index is 875. The van der Waals surface area contributed by atoms with Crippen LogP contribution < -0.4 is 4.74 Å². The van der Waals surface area contributed by atoms with Gasteiger partial charge in [0.25, 0.3) is 5.91 Å². The van der Waals surface area contributed by atoms with Crippen LogP contribution in [0.4, 0.5) is 0 Å². The van der Waals surface area contributed by atoms with Crippen LogP contribution in [-0.2, 0) is 6.54 Å². The molecule has 0 atom stereocenters. The number of aromatic nitrogens is 2. The molecule has 1 heterocycles. The van der Waals surface area contributed by atoms with Crippen LogP contribution in [0.1, 0.15) is 15.9 Å². The van der Waals surface area contributed by atoms with Crippen molar-refractivity contribution in [3.8, 4) is 17.2 Å². The second-order valence-corrected chi connectivity index (χ2v) is 5.67. The van der Waals surface area contributed by atoms with Crippen LogP contribution in [-0.4, -0.2) is 39.9 Å². The summed E-state index contributed by atoms with van der Waals surface area (Å²) in [5, 5.41) is 13.8. The monoisotopic (exact) mass is 337 g/mol. The Balaban J connectivity index is 1.78. The first-order valence-electron chi connectivity index (χ1n) is 7.80. The number of ether oxygens (including phenoxy) is 1. The van der Waals surface area contributed by atoms with E-state index < -0.39 is 0 Å². The van der Waals surface area contributed by atoms with Gasteiger partial charge in [0.1, 0.15) is 0 Å². The maximum atomic E-state index is 12.7. The normalized spacial score (nSPS) is 10.5. The lowest BCUT2D eigenvalue weighted by Crippen LogP contribution is -2.26. The minimum atomic E-state index is -0.0963. The third-order valence-electron chi connectivity index (χ3n) is 3.87. The Labute approximate surface area is 145 Å². The fraction of sp³-hybridized carbons (Fsp3) is 0.158. The van der Waals surface area contributed by atoms with E-state index in [1.807, 2.05) is 30.5 Å². The van der Waals surface area contributed by atoms with Gasteiger partial charge in [-0.05, 0) is 42.0 Å². The van der Waals surface area contributed by atoms with Crippen molar-refractivity contribution in [1.29, 1.82) is 0 Å². The summed E-state index contributed by atoms with van der Waals surface area (Å²) in [6, 6.07) is 14.2. The second-order valence-electron chi connectivity index (χ2n) is 5.67. The molecule has 6 nitrogen and oxygen atoms in total. The number of amides is 1. The molecule has 0 aliphatic heterocycles. The van der Waals surface area contributed by atoms with Gasteiger partial charge in [-0.1, -0.05) is 12.1 Å². The van der Waals surface area contributed by atoms with Gasteiger partial charge in [0, 0.05) is 31.5 Å². The zero-order valence-electron chi connectivity index (χ0n) is 14.1. The van der Waals surface area contributed by atoms with E-state index in [0.29, 0.717) is 17.9 Å². The van der Waals surface area contributed by atoms with Gasteiger partial charge in [-0.3, -0.25) is 4.79 Å². The lowest BCUT2D eigenvalue weighted by atomic mass is 10.1. The first-order valence-corrected chi connectivity index (χ1v) is 7.80. The molecule has 3 rings (SSSR count). The molecular formula is C19H19N3O3. The summed E-state index contributed by atoms with van der Waals surface area (Å²) < 4.78 is 6.82. The van der Waals surface area contributed by atoms with Crippen molar-refractivity contribution < 1.29 is 14.6 Å². The highest BCUT2D eigenvalue weighted by atomic mass is 16.5. The minimum absolute atomic E-state index is 0.0761. The van der Waals surface area contributed by atoms with Gasteiger partial charge in [-0.15, -0.1) is 0 Å². The topological polar surface area (TPSA) is 67.6 Å². The second kappa shape index (κ2) is 7.09. The highest BCUT2D eigenvalue weighted by Crippen LogP contribution is 2.26. The molecule has 3 aromatic rings. The van der Waals surface area contributed by atoms with E-state index in [9.17, 15) is 9.90 Å². The molecule has 0 saturated heterocycles. The van der Waals surface area contributed by atoms with Gasteiger partial charge in [-0.2, -0.15) is 5.10 Å². The van der Waals surface area contributed by atoms with Crippen molar-refractivity contribution in [1.82, 2.24) is 14.7 Å². The minimum Gasteiger partial charge on any atom is -0.504 e. The van der Waals surface area contributed by atoms with Crippen molar-refractivity contribution in [2.75, 3.05) is 14.2 Å². The van der Waals surface area contributed by atoms with E-state index in [1.54, 1.807) is 47.1 Å². The van der Waals surface area contributed by atoms with Crippen molar-refractivity contribution in [2.45, 2.75) is 6.54 Å². The summed E-state index contributed by atoms with van der Waals surface area (Å²) in [6.07, 6.45) is 3.52. The van der Waals surface area contributed by atoms with Gasteiger partial charge in [0.15, 0.2) is 11.5 Å². The fourth-order valence-electron chi connectivity index (χ4n) is 2.59. The largest absolute Gasteiger partial charge is 0.504 e. The van der Waals surface area contributed by atoms with Crippen LogP contribution in [0.5, 0.6) is 11.5 Å². The molecule has 0 unspecified atom stereocenters. The summed E-state index contributed by atoms with van der Waals surface area (Å²) in [6.45, 7) is 0.404. The highest BCUT2D eigenvalue weighted by molar-refractivity contribution is 5.94. The van der Waals surface area contributed by atoms with Crippen molar-refractivity contribution >= 4 is 5.91 Å². The molecular weight excluding hydrogens is 318 g/mol. The van der Waals surface area contributed by atoms with Crippen LogP contribution >= 0.6 is 0 Å². The Morgan fingerprint density at radius 3 is 2.80 bits per heavy atom. The number of aromatic hydroxyl groups is 1. The predicted octanol–water partition coefficient (Wildman–Crippen LogP) is 2.86. The van der Waals surface area contributed by atoms with Crippen molar-refractivity contribution in [2.24, 2.45) is 0 Å². The molecule has 1 aromatic heterocycles. The molecule has 128 valence electrons. The first kappa shape index (κ1) is 16.6. The summed E-state index contributed by atoms with van der Waals surface area (Å²) >= 11 is 0. The molecule has 0 aliphatic carbocycles. The van der Waals surface area contributed by atoms with Gasteiger partial charge < -0.3 is 14.7 Å². The van der Waals surface area contributed by atoms with E-state index in [-0.39, 0.29) is 11.7 Å². The van der Waals surface area contributed by atoms with Crippen LogP contribution in [0.15, 0.2) is 60.9 Å². The molecule has 1 N–H and O–H groups in total. The number of nitrogens with zero attached hydrogens (tertiary/aromatic N) is 3. The maximum absolute atomic E-state index is 12.7. The summed E-state index contributed by atoms with van der Waals surface area (Å²) in [5.74, 6) is 0.368. The fourth-order valence-corrected chi connectivity index (χ4v) is 2.59. The molecule has 2 aromatic carbocycles. The molecule has 0 radical (unpaired) electrons. The quantitative estimate of drug-likeness (QED) is 0.777. The van der Waals surface area contributed by atoms with Gasteiger partial charge in [0.05, 0.1) is 12.8 Å². The Kier molecular flexibility index (Phi) is 4.70. The number of phenolic OH excluding ortho intramolecular Hbond substituents is 1. The number of hydrogen-bond acceptors (Lipinski definition) is 4. The molecule has 0 spiro atoms. The number of carbonyl (C=O) groups excluding carboxylic acids is 1. The smallest absolute Gasteiger partial charge is 0.253 e. The van der Waals surface area contributed by atoms with E-state index in [4.69, 9.17) is 4.74 Å². The van der Waals surface area contributed by atoms with Crippen LogP contribution in [0, 0.1) is 0 Å². The maximum Gasteiger partial charge on any atom is 0.253 e. The predicted molar refractivity (Wildman–Crippen MR) is 94.0 cm³/mol. The van der Waals surface area contributed by atoms with Crippen LogP contribution in [0.2, 0.25) is 0 Å². The lowest BCUT2D eigenvalue weighted by Gasteiger charge is -2.18. The molecule has 0 aliphatic rings. The third kappa shape index (κ3) is 3.63. The zero-order chi connectivity index (χ0) is 17.8. The number of benzene rings is 2. The number of phenols is 1. The van der Waals surface area contributed by atoms with Gasteiger partial charge in [0.2, 0.25) is 0 Å². The van der Waals surface area contributed by atoms with E-state index in [0.717, 1.165) is 11.3 Å². The molecule has 6 heteroatoms. The Morgan fingerprint density at radius 2 is 2.08 bits per heavy atom. The molecule has 0 saturated carbocycles. The van der Waals surface area contributed by atoms with Crippen molar-refractivity contribution in [3.63, 3.8) is 0 Å². The first-order chi connectivity index (χ1) is 12.1. The highest BCUT2D eigenvalue weighted by Gasteiger charge is 2.14. The SMILES string of the molecule is COc1cc(CN(C)C(=O)c2cccc(-n3cccn3)c2)ccc1O. The standard InChI is InChI=1S/C19H19N3O3/c1-21(13-14-7-8-17(23)18(11-14)25-2)19(24)15-5-3-6-16(12-15)22-10-4-9-20-22/h3-12,23H,13H2,1-2H3. The zero-order valence-corrected chi connectivity index (χ0v) is 14.1. The molecule has 25 heavy (non-hydrogen) atoms. The van der Waals surface area contributed by atoms with Crippen molar-refractivity contribution in [3.05, 3.63) is 72.1 Å². The van der Waals surface area contributed by atoms with E-state index in [2.05, 4.69) is 5.10 Å². The van der Waals surface area contributed by atoms with E-state index in [1.165, 1.54) is 7.11 Å². The number of hydrogen-bond donors (Lipinski definition) is 1. The average Bonchev–Trinajstić information content (AvgIpc) is 3.17. The Hall–Kier alpha value is -3.28. The summed E-state index contributed by atoms with van der Waals surface area (Å²) in [5.41, 5.74) is 2.28. The summed E-state index contributed by atoms with van der Waals surface area (Å²) in [4.78, 5) is 14.3. The van der Waals surface area contributed by atoms with Crippen LogP contribution in [0.3, 0.4) is 0 Å². The molecule has 0 bridgehead atoms. The molecule has 0 fully saturated rings. The van der Waals surface area contributed by atoms with Crippen LogP contribution in [0.25, 0.3) is 5.69 Å². The Morgan fingerprint density at radius 1 is 1.24 bits per heavy atom. The number of methoxy groups -OCH3 is 1.